The molecule has 2 aliphatic rings. The SMILES string of the molecule is CC(C)c1cc(N(c2cccc(-c3ccccc3)c2)c2cccc3c2oc2ccccc23)c2c3c4c(ccc13)C(N(c1cccc(-c3ccccc3)c1)c1cccc3c1oc1ccccc13)=CC(C(C)C)C4(C)CC2. The van der Waals surface area contributed by atoms with E-state index in [0.717, 1.165) is 79.5 Å². The number of aryl methyl sites for hydroxylation is 1. The summed E-state index contributed by atoms with van der Waals surface area (Å²) < 4.78 is 13.9. The summed E-state index contributed by atoms with van der Waals surface area (Å²) in [6.07, 6.45) is 4.56. The van der Waals surface area contributed by atoms with Crippen molar-refractivity contribution in [2.45, 2.75) is 58.8 Å². The lowest BCUT2D eigenvalue weighted by Crippen LogP contribution is -2.42. The molecule has 0 bridgehead atoms. The van der Waals surface area contributed by atoms with Crippen molar-refractivity contribution in [3.63, 3.8) is 0 Å². The normalized spacial score (nSPS) is 16.2. The van der Waals surface area contributed by atoms with Crippen molar-refractivity contribution >= 4 is 88.8 Å². The van der Waals surface area contributed by atoms with Gasteiger partial charge in [0.05, 0.1) is 22.8 Å². The van der Waals surface area contributed by atoms with Gasteiger partial charge < -0.3 is 18.6 Å². The van der Waals surface area contributed by atoms with E-state index >= 15 is 0 Å². The van der Waals surface area contributed by atoms with Crippen LogP contribution in [0.2, 0.25) is 0 Å². The van der Waals surface area contributed by atoms with Crippen LogP contribution >= 0.6 is 0 Å². The number of hydrogen-bond donors (Lipinski definition) is 0. The van der Waals surface area contributed by atoms with Gasteiger partial charge in [-0.25, -0.2) is 0 Å². The lowest BCUT2D eigenvalue weighted by Gasteiger charge is -2.49. The van der Waals surface area contributed by atoms with Crippen molar-refractivity contribution in [2.75, 3.05) is 9.80 Å². The van der Waals surface area contributed by atoms with Crippen molar-refractivity contribution in [3.8, 4) is 22.3 Å². The van der Waals surface area contributed by atoms with E-state index in [1.165, 1.54) is 66.7 Å². The molecule has 12 aromatic rings. The predicted molar refractivity (Wildman–Crippen MR) is 315 cm³/mol. The first-order valence-corrected chi connectivity index (χ1v) is 26.8. The van der Waals surface area contributed by atoms with Gasteiger partial charge >= 0.3 is 0 Å². The molecule has 0 N–H and O–H groups in total. The predicted octanol–water partition coefficient (Wildman–Crippen LogP) is 20.2. The lowest BCUT2D eigenvalue weighted by atomic mass is 9.57. The number of rotatable bonds is 10. The maximum atomic E-state index is 6.97. The Morgan fingerprint density at radius 1 is 0.467 bits per heavy atom. The van der Waals surface area contributed by atoms with Gasteiger partial charge in [0.15, 0.2) is 11.2 Å². The average Bonchev–Trinajstić information content (AvgIpc) is 4.04. The summed E-state index contributed by atoms with van der Waals surface area (Å²) in [6, 6.07) is 77.4. The first-order valence-electron chi connectivity index (χ1n) is 26.8. The van der Waals surface area contributed by atoms with E-state index in [-0.39, 0.29) is 17.3 Å². The van der Waals surface area contributed by atoms with Crippen LogP contribution in [0.15, 0.2) is 227 Å². The molecule has 0 saturated heterocycles. The van der Waals surface area contributed by atoms with E-state index in [9.17, 15) is 0 Å². The van der Waals surface area contributed by atoms with Crippen molar-refractivity contribution in [1.82, 2.24) is 0 Å². The fraction of sp³-hybridized carbons (Fsp3) is 0.155. The van der Waals surface area contributed by atoms with Crippen LogP contribution in [0.5, 0.6) is 0 Å². The van der Waals surface area contributed by atoms with Crippen LogP contribution < -0.4 is 9.80 Å². The Balaban J connectivity index is 1.07. The van der Waals surface area contributed by atoms with Crippen molar-refractivity contribution in [2.24, 2.45) is 11.8 Å². The Bertz CT molecular complexity index is 4230. The third kappa shape index (κ3) is 7.10. The van der Waals surface area contributed by atoms with E-state index in [0.29, 0.717) is 5.92 Å². The second kappa shape index (κ2) is 17.5. The van der Waals surface area contributed by atoms with Gasteiger partial charge in [0.25, 0.3) is 0 Å². The van der Waals surface area contributed by atoms with Gasteiger partial charge in [-0.3, -0.25) is 0 Å². The molecule has 0 amide bonds. The number of fused-ring (bicyclic) bond motifs is 6. The fourth-order valence-corrected chi connectivity index (χ4v) is 13.3. The molecule has 2 atom stereocenters. The quantitative estimate of drug-likeness (QED) is 0.137. The number of benzene rings is 10. The van der Waals surface area contributed by atoms with Gasteiger partial charge in [0.2, 0.25) is 0 Å². The first kappa shape index (κ1) is 45.0. The van der Waals surface area contributed by atoms with Crippen molar-refractivity contribution in [1.29, 1.82) is 0 Å². The van der Waals surface area contributed by atoms with Gasteiger partial charge in [0.1, 0.15) is 11.2 Å². The minimum Gasteiger partial charge on any atom is -0.454 e. The summed E-state index contributed by atoms with van der Waals surface area (Å²) in [5.41, 5.74) is 20.1. The number of para-hydroxylation sites is 4. The zero-order chi connectivity index (χ0) is 50.5. The second-order valence-electron chi connectivity index (χ2n) is 21.8. The minimum atomic E-state index is -0.161. The molecule has 0 aliphatic heterocycles. The Morgan fingerprint density at radius 3 is 1.55 bits per heavy atom. The van der Waals surface area contributed by atoms with E-state index in [1.54, 1.807) is 0 Å². The number of hydrogen-bond acceptors (Lipinski definition) is 4. The topological polar surface area (TPSA) is 32.8 Å². The molecule has 0 fully saturated rings. The van der Waals surface area contributed by atoms with Crippen LogP contribution in [0.25, 0.3) is 82.6 Å². The third-order valence-electron chi connectivity index (χ3n) is 16.7. The first-order chi connectivity index (χ1) is 36.7. The second-order valence-corrected chi connectivity index (χ2v) is 21.8. The van der Waals surface area contributed by atoms with E-state index in [2.05, 4.69) is 263 Å². The van der Waals surface area contributed by atoms with Crippen molar-refractivity contribution < 1.29 is 8.83 Å². The summed E-state index contributed by atoms with van der Waals surface area (Å²) in [6.45, 7) is 12.2. The molecule has 0 radical (unpaired) electrons. The minimum absolute atomic E-state index is 0.161. The molecule has 10 aromatic carbocycles. The summed E-state index contributed by atoms with van der Waals surface area (Å²) in [7, 11) is 0. The van der Waals surface area contributed by atoms with Crippen LogP contribution in [-0.2, 0) is 11.8 Å². The van der Waals surface area contributed by atoms with Crippen LogP contribution in [-0.4, -0.2) is 0 Å². The largest absolute Gasteiger partial charge is 0.454 e. The fourth-order valence-electron chi connectivity index (χ4n) is 13.3. The van der Waals surface area contributed by atoms with Gasteiger partial charge in [-0.05, 0) is 135 Å². The summed E-state index contributed by atoms with van der Waals surface area (Å²) >= 11 is 0. The zero-order valence-electron chi connectivity index (χ0n) is 43.1. The Labute approximate surface area is 438 Å². The molecular formula is C71H58N2O2. The monoisotopic (exact) mass is 970 g/mol. The number of allylic oxidation sites excluding steroid dienone is 1. The maximum absolute atomic E-state index is 6.97. The maximum Gasteiger partial charge on any atom is 0.159 e. The average molecular weight is 971 g/mol. The van der Waals surface area contributed by atoms with Crippen LogP contribution in [0.3, 0.4) is 0 Å². The van der Waals surface area contributed by atoms with Gasteiger partial charge in [-0.15, -0.1) is 0 Å². The highest BCUT2D eigenvalue weighted by Gasteiger charge is 2.47. The molecule has 2 aliphatic carbocycles. The summed E-state index contributed by atoms with van der Waals surface area (Å²) in [5.74, 6) is 0.818. The highest BCUT2D eigenvalue weighted by atomic mass is 16.3. The third-order valence-corrected chi connectivity index (χ3v) is 16.7. The molecule has 4 nitrogen and oxygen atoms in total. The highest BCUT2D eigenvalue weighted by Crippen LogP contribution is 2.59. The molecule has 75 heavy (non-hydrogen) atoms. The molecule has 364 valence electrons. The molecule has 0 spiro atoms. The Morgan fingerprint density at radius 2 is 0.973 bits per heavy atom. The molecule has 2 unspecified atom stereocenters. The van der Waals surface area contributed by atoms with Crippen LogP contribution in [0.1, 0.15) is 69.2 Å². The van der Waals surface area contributed by atoms with Gasteiger partial charge in [-0.1, -0.05) is 198 Å². The summed E-state index contributed by atoms with van der Waals surface area (Å²) in [5, 5.41) is 7.19. The number of nitrogens with zero attached hydrogens (tertiary/aromatic N) is 2. The van der Waals surface area contributed by atoms with Gasteiger partial charge in [-0.2, -0.15) is 0 Å². The molecule has 2 aromatic heterocycles. The lowest BCUT2D eigenvalue weighted by molar-refractivity contribution is 0.253. The van der Waals surface area contributed by atoms with Crippen molar-refractivity contribution in [3.05, 3.63) is 241 Å². The number of anilines is 5. The van der Waals surface area contributed by atoms with Crippen LogP contribution in [0, 0.1) is 11.8 Å². The smallest absolute Gasteiger partial charge is 0.159 e. The molecular weight excluding hydrogens is 913 g/mol. The zero-order valence-corrected chi connectivity index (χ0v) is 43.1. The standard InChI is InChI=1S/C71H58N2O2/c1-44(2)59-42-63(72(50-26-16-24-48(40-50)46-20-8-6-9-21-46)61-32-18-30-55-52-28-12-14-34-65(52)74-69(55)61)57-38-39-71(5)60(45(3)4)43-64(58-37-36-54(59)67(57)68(58)71)73(51-27-17-25-49(41-51)47-22-10-7-11-23-47)62-33-19-31-56-53-29-13-15-35-66(53)75-70(56)62/h6-37,40-45,60H,38-39H2,1-5H3. The Kier molecular flexibility index (Phi) is 10.5. The Hall–Kier alpha value is -8.60. The van der Waals surface area contributed by atoms with Crippen LogP contribution in [0.4, 0.5) is 28.4 Å². The summed E-state index contributed by atoms with van der Waals surface area (Å²) in [4.78, 5) is 5.05. The van der Waals surface area contributed by atoms with E-state index in [1.807, 2.05) is 0 Å². The molecule has 4 heteroatoms. The molecule has 2 heterocycles. The molecule has 14 rings (SSSR count). The van der Waals surface area contributed by atoms with Gasteiger partial charge in [0, 0.05) is 43.9 Å². The highest BCUT2D eigenvalue weighted by molar-refractivity contribution is 6.14. The molecule has 0 saturated carbocycles. The number of furan rings is 2. The van der Waals surface area contributed by atoms with E-state index in [4.69, 9.17) is 8.83 Å². The van der Waals surface area contributed by atoms with E-state index < -0.39 is 0 Å².